The number of hydrogen-bond acceptors (Lipinski definition) is 5. The fraction of sp³-hybridized carbons (Fsp3) is 0.176. The van der Waals surface area contributed by atoms with Gasteiger partial charge < -0.3 is 10.1 Å². The molecule has 0 unspecified atom stereocenters. The first-order valence-electron chi connectivity index (χ1n) is 7.75. The van der Waals surface area contributed by atoms with E-state index in [1.165, 1.54) is 17.3 Å². The molecule has 8 heteroatoms. The molecule has 128 valence electrons. The van der Waals surface area contributed by atoms with Crippen molar-refractivity contribution in [3.05, 3.63) is 55.2 Å². The maximum absolute atomic E-state index is 12.7. The summed E-state index contributed by atoms with van der Waals surface area (Å²) in [6.45, 7) is 2.42. The molecule has 0 bridgehead atoms. The third-order valence-electron chi connectivity index (χ3n) is 3.61. The van der Waals surface area contributed by atoms with Crippen LogP contribution in [-0.4, -0.2) is 39.4 Å². The van der Waals surface area contributed by atoms with E-state index < -0.39 is 0 Å². The van der Waals surface area contributed by atoms with Crippen LogP contribution in [0.3, 0.4) is 0 Å². The van der Waals surface area contributed by atoms with E-state index in [1.807, 2.05) is 31.2 Å². The number of nitrogens with zero attached hydrogens (tertiary/aromatic N) is 5. The van der Waals surface area contributed by atoms with Crippen molar-refractivity contribution in [2.75, 3.05) is 23.9 Å². The highest BCUT2D eigenvalue weighted by Crippen LogP contribution is 2.21. The molecule has 0 atom stereocenters. The zero-order valence-electron chi connectivity index (χ0n) is 14.0. The molecule has 0 aliphatic rings. The number of anilines is 2. The van der Waals surface area contributed by atoms with Gasteiger partial charge in [0.1, 0.15) is 18.4 Å². The van der Waals surface area contributed by atoms with Crippen LogP contribution in [0.5, 0.6) is 5.75 Å². The van der Waals surface area contributed by atoms with Crippen LogP contribution in [0.15, 0.2) is 55.2 Å². The minimum Gasteiger partial charge on any atom is -0.497 e. The number of benzene rings is 1. The lowest BCUT2D eigenvalue weighted by molar-refractivity contribution is 0.257. The minimum absolute atomic E-state index is 0.262. The molecule has 0 aliphatic heterocycles. The van der Waals surface area contributed by atoms with E-state index in [0.29, 0.717) is 18.1 Å². The standard InChI is InChI=1S/C17H18N6O2/c1-3-22(13-6-8-14(25-2)9-7-13)17(24)21-15-5-4-10-19-16(15)23-12-18-11-20-23/h4-12H,3H2,1-2H3,(H,21,24). The lowest BCUT2D eigenvalue weighted by Gasteiger charge is -2.22. The number of ether oxygens (including phenoxy) is 1. The Labute approximate surface area is 145 Å². The first kappa shape index (κ1) is 16.4. The van der Waals surface area contributed by atoms with Crippen molar-refractivity contribution in [2.24, 2.45) is 0 Å². The largest absolute Gasteiger partial charge is 0.497 e. The SMILES string of the molecule is CCN(C(=O)Nc1cccnc1-n1cncn1)c1ccc(OC)cc1. The summed E-state index contributed by atoms with van der Waals surface area (Å²) >= 11 is 0. The Balaban J connectivity index is 1.83. The highest BCUT2D eigenvalue weighted by molar-refractivity contribution is 6.02. The summed E-state index contributed by atoms with van der Waals surface area (Å²) in [5, 5.41) is 6.94. The second-order valence-corrected chi connectivity index (χ2v) is 5.09. The molecular formula is C17H18N6O2. The summed E-state index contributed by atoms with van der Waals surface area (Å²) in [4.78, 5) is 22.5. The van der Waals surface area contributed by atoms with Crippen LogP contribution in [0.2, 0.25) is 0 Å². The quantitative estimate of drug-likeness (QED) is 0.773. The lowest BCUT2D eigenvalue weighted by atomic mass is 10.2. The van der Waals surface area contributed by atoms with Gasteiger partial charge in [-0.2, -0.15) is 5.10 Å². The summed E-state index contributed by atoms with van der Waals surface area (Å²) in [6.07, 6.45) is 4.57. The van der Waals surface area contributed by atoms with Crippen LogP contribution in [0.25, 0.3) is 5.82 Å². The fourth-order valence-electron chi connectivity index (χ4n) is 2.38. The third-order valence-corrected chi connectivity index (χ3v) is 3.61. The average molecular weight is 338 g/mol. The van der Waals surface area contributed by atoms with Gasteiger partial charge in [-0.15, -0.1) is 0 Å². The maximum atomic E-state index is 12.7. The normalized spacial score (nSPS) is 10.3. The van der Waals surface area contributed by atoms with Gasteiger partial charge in [-0.3, -0.25) is 4.90 Å². The number of urea groups is 1. The van der Waals surface area contributed by atoms with Gasteiger partial charge in [-0.1, -0.05) is 0 Å². The molecule has 0 aliphatic carbocycles. The smallest absolute Gasteiger partial charge is 0.326 e. The Morgan fingerprint density at radius 1 is 1.28 bits per heavy atom. The third kappa shape index (κ3) is 3.57. The number of carbonyl (C=O) groups is 1. The topological polar surface area (TPSA) is 85.2 Å². The molecule has 3 aromatic rings. The molecule has 0 saturated carbocycles. The zero-order chi connectivity index (χ0) is 17.6. The van der Waals surface area contributed by atoms with Crippen molar-refractivity contribution in [1.82, 2.24) is 19.7 Å². The van der Waals surface area contributed by atoms with Crippen LogP contribution in [0.1, 0.15) is 6.92 Å². The first-order valence-corrected chi connectivity index (χ1v) is 7.75. The summed E-state index contributed by atoms with van der Waals surface area (Å²) < 4.78 is 6.65. The number of pyridine rings is 1. The van der Waals surface area contributed by atoms with Crippen LogP contribution in [0.4, 0.5) is 16.2 Å². The van der Waals surface area contributed by atoms with E-state index in [0.717, 1.165) is 11.4 Å². The van der Waals surface area contributed by atoms with Crippen LogP contribution >= 0.6 is 0 Å². The molecule has 0 saturated heterocycles. The zero-order valence-corrected chi connectivity index (χ0v) is 14.0. The fourth-order valence-corrected chi connectivity index (χ4v) is 2.38. The number of rotatable bonds is 5. The van der Waals surface area contributed by atoms with Gasteiger partial charge in [0.05, 0.1) is 12.8 Å². The highest BCUT2D eigenvalue weighted by Gasteiger charge is 2.16. The highest BCUT2D eigenvalue weighted by atomic mass is 16.5. The van der Waals surface area contributed by atoms with Gasteiger partial charge in [0.25, 0.3) is 0 Å². The van der Waals surface area contributed by atoms with Crippen LogP contribution in [0, 0.1) is 0 Å². The van der Waals surface area contributed by atoms with E-state index in [9.17, 15) is 4.79 Å². The van der Waals surface area contributed by atoms with E-state index in [4.69, 9.17) is 4.74 Å². The Morgan fingerprint density at radius 2 is 2.08 bits per heavy atom. The molecule has 0 fully saturated rings. The number of aromatic nitrogens is 4. The predicted molar refractivity (Wildman–Crippen MR) is 94.2 cm³/mol. The summed E-state index contributed by atoms with van der Waals surface area (Å²) in [5.41, 5.74) is 1.32. The number of carbonyl (C=O) groups excluding carboxylic acids is 1. The van der Waals surface area contributed by atoms with E-state index in [1.54, 1.807) is 30.3 Å². The molecule has 25 heavy (non-hydrogen) atoms. The number of hydrogen-bond donors (Lipinski definition) is 1. The first-order chi connectivity index (χ1) is 12.2. The average Bonchev–Trinajstić information content (AvgIpc) is 3.18. The second-order valence-electron chi connectivity index (χ2n) is 5.09. The van der Waals surface area contributed by atoms with E-state index in [2.05, 4.69) is 20.4 Å². The molecule has 1 aromatic carbocycles. The van der Waals surface area contributed by atoms with Gasteiger partial charge in [-0.25, -0.2) is 19.4 Å². The second kappa shape index (κ2) is 7.43. The summed E-state index contributed by atoms with van der Waals surface area (Å²) in [6, 6.07) is 10.6. The van der Waals surface area contributed by atoms with Gasteiger partial charge in [-0.05, 0) is 43.3 Å². The molecule has 0 radical (unpaired) electrons. The summed E-state index contributed by atoms with van der Waals surface area (Å²) in [7, 11) is 1.60. The molecule has 8 nitrogen and oxygen atoms in total. The van der Waals surface area contributed by atoms with Gasteiger partial charge in [0.15, 0.2) is 5.82 Å². The molecule has 3 rings (SSSR count). The van der Waals surface area contributed by atoms with Crippen molar-refractivity contribution >= 4 is 17.4 Å². The van der Waals surface area contributed by atoms with Crippen molar-refractivity contribution in [2.45, 2.75) is 6.92 Å². The van der Waals surface area contributed by atoms with Crippen LogP contribution in [-0.2, 0) is 0 Å². The Kier molecular flexibility index (Phi) is 4.89. The summed E-state index contributed by atoms with van der Waals surface area (Å²) in [5.74, 6) is 1.24. The van der Waals surface area contributed by atoms with Crippen LogP contribution < -0.4 is 15.0 Å². The van der Waals surface area contributed by atoms with Crippen molar-refractivity contribution in [1.29, 1.82) is 0 Å². The molecule has 1 N–H and O–H groups in total. The van der Waals surface area contributed by atoms with E-state index in [-0.39, 0.29) is 6.03 Å². The minimum atomic E-state index is -0.262. The Bertz CT molecular complexity index is 833. The predicted octanol–water partition coefficient (Wildman–Crippen LogP) is 2.73. The van der Waals surface area contributed by atoms with E-state index >= 15 is 0 Å². The van der Waals surface area contributed by atoms with Crippen molar-refractivity contribution in [3.63, 3.8) is 0 Å². The van der Waals surface area contributed by atoms with Crippen molar-refractivity contribution < 1.29 is 9.53 Å². The molecular weight excluding hydrogens is 320 g/mol. The van der Waals surface area contributed by atoms with Gasteiger partial charge in [0.2, 0.25) is 0 Å². The lowest BCUT2D eigenvalue weighted by Crippen LogP contribution is -2.35. The maximum Gasteiger partial charge on any atom is 0.326 e. The number of amides is 2. The van der Waals surface area contributed by atoms with Gasteiger partial charge in [0, 0.05) is 18.4 Å². The molecule has 2 heterocycles. The van der Waals surface area contributed by atoms with Crippen molar-refractivity contribution in [3.8, 4) is 11.6 Å². The number of methoxy groups -OCH3 is 1. The Hall–Kier alpha value is -3.42. The number of nitrogens with one attached hydrogen (secondary N) is 1. The molecule has 0 spiro atoms. The molecule has 2 aromatic heterocycles. The monoisotopic (exact) mass is 338 g/mol. The Morgan fingerprint density at radius 3 is 2.72 bits per heavy atom. The van der Waals surface area contributed by atoms with Gasteiger partial charge >= 0.3 is 6.03 Å². The molecule has 2 amide bonds.